The normalized spacial score (nSPS) is 10.5. The van der Waals surface area contributed by atoms with Crippen LogP contribution in [0, 0.1) is 12.7 Å². The van der Waals surface area contributed by atoms with Gasteiger partial charge in [0.05, 0.1) is 0 Å². The molecule has 0 aliphatic carbocycles. The van der Waals surface area contributed by atoms with Crippen LogP contribution in [0.5, 0.6) is 5.75 Å². The van der Waals surface area contributed by atoms with E-state index >= 15 is 0 Å². The minimum atomic E-state index is -0.285. The van der Waals surface area contributed by atoms with E-state index < -0.39 is 0 Å². The lowest BCUT2D eigenvalue weighted by atomic mass is 10.1. The predicted octanol–water partition coefficient (Wildman–Crippen LogP) is 3.93. The summed E-state index contributed by atoms with van der Waals surface area (Å²) in [5.74, 6) is 0.500. The van der Waals surface area contributed by atoms with Crippen molar-refractivity contribution >= 4 is 15.9 Å². The van der Waals surface area contributed by atoms with Crippen LogP contribution in [-0.2, 0) is 13.2 Å². The molecule has 0 spiro atoms. The first-order valence-corrected chi connectivity index (χ1v) is 6.75. The van der Waals surface area contributed by atoms with Crippen LogP contribution >= 0.6 is 15.9 Å². The number of rotatable bonds is 4. The predicted molar refractivity (Wildman–Crippen MR) is 77.5 cm³/mol. The van der Waals surface area contributed by atoms with Crippen molar-refractivity contribution in [2.45, 2.75) is 20.1 Å². The third kappa shape index (κ3) is 3.78. The zero-order valence-electron chi connectivity index (χ0n) is 10.6. The van der Waals surface area contributed by atoms with Gasteiger partial charge in [-0.05, 0) is 47.9 Å². The van der Waals surface area contributed by atoms with E-state index in [0.717, 1.165) is 26.9 Å². The molecule has 0 saturated heterocycles. The lowest BCUT2D eigenvalue weighted by molar-refractivity contribution is 0.303. The second-order valence-electron chi connectivity index (χ2n) is 4.37. The van der Waals surface area contributed by atoms with Crippen LogP contribution in [0.2, 0.25) is 0 Å². The number of ether oxygens (including phenoxy) is 1. The van der Waals surface area contributed by atoms with Gasteiger partial charge in [0, 0.05) is 11.0 Å². The molecule has 0 aliphatic rings. The van der Waals surface area contributed by atoms with Gasteiger partial charge in [0.15, 0.2) is 0 Å². The molecule has 2 aromatic rings. The number of nitrogens with two attached hydrogens (primary N) is 1. The second-order valence-corrected chi connectivity index (χ2v) is 5.29. The fourth-order valence-corrected chi connectivity index (χ4v) is 2.15. The second kappa shape index (κ2) is 6.17. The topological polar surface area (TPSA) is 35.2 Å². The highest BCUT2D eigenvalue weighted by atomic mass is 79.9. The SMILES string of the molecule is Cc1ccc(Br)cc1OCc1cc(F)cc(CN)c1. The molecule has 0 saturated carbocycles. The molecule has 4 heteroatoms. The Kier molecular flexibility index (Phi) is 4.56. The molecule has 0 aromatic heterocycles. The van der Waals surface area contributed by atoms with E-state index in [1.165, 1.54) is 12.1 Å². The summed E-state index contributed by atoms with van der Waals surface area (Å²) in [4.78, 5) is 0. The summed E-state index contributed by atoms with van der Waals surface area (Å²) in [5, 5.41) is 0. The van der Waals surface area contributed by atoms with Gasteiger partial charge in [0.2, 0.25) is 0 Å². The van der Waals surface area contributed by atoms with Crippen LogP contribution in [0.1, 0.15) is 16.7 Å². The Balaban J connectivity index is 2.14. The van der Waals surface area contributed by atoms with Gasteiger partial charge in [-0.2, -0.15) is 0 Å². The molecule has 19 heavy (non-hydrogen) atoms. The van der Waals surface area contributed by atoms with Crippen LogP contribution in [-0.4, -0.2) is 0 Å². The average molecular weight is 324 g/mol. The summed E-state index contributed by atoms with van der Waals surface area (Å²) in [6, 6.07) is 10.6. The molecule has 0 radical (unpaired) electrons. The van der Waals surface area contributed by atoms with Gasteiger partial charge in [0.25, 0.3) is 0 Å². The fraction of sp³-hybridized carbons (Fsp3) is 0.200. The first-order valence-electron chi connectivity index (χ1n) is 5.96. The third-order valence-corrected chi connectivity index (χ3v) is 3.29. The Hall–Kier alpha value is -1.39. The van der Waals surface area contributed by atoms with Crippen molar-refractivity contribution < 1.29 is 9.13 Å². The van der Waals surface area contributed by atoms with Crippen molar-refractivity contribution in [1.29, 1.82) is 0 Å². The van der Waals surface area contributed by atoms with Gasteiger partial charge in [-0.15, -0.1) is 0 Å². The Morgan fingerprint density at radius 1 is 1.16 bits per heavy atom. The smallest absolute Gasteiger partial charge is 0.123 e. The van der Waals surface area contributed by atoms with Crippen LogP contribution in [0.25, 0.3) is 0 Å². The van der Waals surface area contributed by atoms with E-state index in [0.29, 0.717) is 13.2 Å². The van der Waals surface area contributed by atoms with Crippen LogP contribution in [0.3, 0.4) is 0 Å². The van der Waals surface area contributed by atoms with E-state index in [9.17, 15) is 4.39 Å². The number of halogens is 2. The largest absolute Gasteiger partial charge is 0.489 e. The quantitative estimate of drug-likeness (QED) is 0.925. The lowest BCUT2D eigenvalue weighted by Crippen LogP contribution is -2.02. The summed E-state index contributed by atoms with van der Waals surface area (Å²) in [6.45, 7) is 2.61. The molecule has 0 heterocycles. The van der Waals surface area contributed by atoms with Crippen molar-refractivity contribution in [1.82, 2.24) is 0 Å². The third-order valence-electron chi connectivity index (χ3n) is 2.80. The standard InChI is InChI=1S/C15H15BrFNO/c1-10-2-3-13(16)7-15(10)19-9-12-4-11(8-18)5-14(17)6-12/h2-7H,8-9,18H2,1H3. The highest BCUT2D eigenvalue weighted by molar-refractivity contribution is 9.10. The van der Waals surface area contributed by atoms with E-state index in [-0.39, 0.29) is 5.82 Å². The van der Waals surface area contributed by atoms with Gasteiger partial charge < -0.3 is 10.5 Å². The maximum Gasteiger partial charge on any atom is 0.123 e. The van der Waals surface area contributed by atoms with Gasteiger partial charge in [0.1, 0.15) is 18.2 Å². The first-order chi connectivity index (χ1) is 9.08. The molecule has 0 unspecified atom stereocenters. The molecule has 0 aliphatic heterocycles. The number of benzene rings is 2. The van der Waals surface area contributed by atoms with E-state index in [4.69, 9.17) is 10.5 Å². The van der Waals surface area contributed by atoms with Crippen molar-refractivity contribution in [2.24, 2.45) is 5.73 Å². The van der Waals surface area contributed by atoms with Gasteiger partial charge in [-0.3, -0.25) is 0 Å². The molecule has 2 aromatic carbocycles. The molecule has 0 fully saturated rings. The molecule has 0 amide bonds. The van der Waals surface area contributed by atoms with Crippen LogP contribution < -0.4 is 10.5 Å². The summed E-state index contributed by atoms with van der Waals surface area (Å²) in [5.41, 5.74) is 8.11. The molecule has 0 bridgehead atoms. The summed E-state index contributed by atoms with van der Waals surface area (Å²) in [7, 11) is 0. The summed E-state index contributed by atoms with van der Waals surface area (Å²) < 4.78 is 20.0. The maximum absolute atomic E-state index is 13.4. The number of aryl methyl sites for hydroxylation is 1. The molecule has 100 valence electrons. The van der Waals surface area contributed by atoms with Crippen molar-refractivity contribution in [3.8, 4) is 5.75 Å². The van der Waals surface area contributed by atoms with Crippen LogP contribution in [0.4, 0.5) is 4.39 Å². The molecule has 2 rings (SSSR count). The summed E-state index contributed by atoms with van der Waals surface area (Å²) >= 11 is 3.40. The summed E-state index contributed by atoms with van der Waals surface area (Å²) in [6.07, 6.45) is 0. The van der Waals surface area contributed by atoms with E-state index in [2.05, 4.69) is 15.9 Å². The Morgan fingerprint density at radius 2 is 1.89 bits per heavy atom. The van der Waals surface area contributed by atoms with Crippen molar-refractivity contribution in [3.63, 3.8) is 0 Å². The molecular weight excluding hydrogens is 309 g/mol. The Labute approximate surface area is 120 Å². The highest BCUT2D eigenvalue weighted by Crippen LogP contribution is 2.24. The average Bonchev–Trinajstić information content (AvgIpc) is 2.39. The molecule has 2 nitrogen and oxygen atoms in total. The highest BCUT2D eigenvalue weighted by Gasteiger charge is 2.04. The lowest BCUT2D eigenvalue weighted by Gasteiger charge is -2.10. The molecule has 2 N–H and O–H groups in total. The minimum absolute atomic E-state index is 0.285. The Bertz CT molecular complexity index is 586. The maximum atomic E-state index is 13.4. The zero-order valence-corrected chi connectivity index (χ0v) is 12.2. The Morgan fingerprint density at radius 3 is 2.63 bits per heavy atom. The van der Waals surface area contributed by atoms with Gasteiger partial charge in [-0.25, -0.2) is 4.39 Å². The zero-order chi connectivity index (χ0) is 13.8. The monoisotopic (exact) mass is 323 g/mol. The van der Waals surface area contributed by atoms with Crippen LogP contribution in [0.15, 0.2) is 40.9 Å². The van der Waals surface area contributed by atoms with E-state index in [1.807, 2.05) is 31.2 Å². The molecular formula is C15H15BrFNO. The van der Waals surface area contributed by atoms with Crippen molar-refractivity contribution in [2.75, 3.05) is 0 Å². The minimum Gasteiger partial charge on any atom is -0.489 e. The first kappa shape index (κ1) is 14.0. The number of hydrogen-bond donors (Lipinski definition) is 1. The van der Waals surface area contributed by atoms with Crippen molar-refractivity contribution in [3.05, 3.63) is 63.4 Å². The van der Waals surface area contributed by atoms with Gasteiger partial charge in [-0.1, -0.05) is 28.1 Å². The van der Waals surface area contributed by atoms with Gasteiger partial charge >= 0.3 is 0 Å². The fourth-order valence-electron chi connectivity index (χ4n) is 1.81. The molecule has 0 atom stereocenters. The van der Waals surface area contributed by atoms with E-state index in [1.54, 1.807) is 0 Å². The number of hydrogen-bond acceptors (Lipinski definition) is 2.